The summed E-state index contributed by atoms with van der Waals surface area (Å²) in [6, 6.07) is 1.85. The molecule has 0 aromatic carbocycles. The van der Waals surface area contributed by atoms with E-state index in [4.69, 9.17) is 0 Å². The summed E-state index contributed by atoms with van der Waals surface area (Å²) < 4.78 is 2.65. The number of fused-ring (bicyclic) bond motifs is 1. The molecule has 0 bridgehead atoms. The average Bonchev–Trinajstić information content (AvgIpc) is 2.34. The number of halogens is 1. The molecule has 0 saturated heterocycles. The summed E-state index contributed by atoms with van der Waals surface area (Å²) >= 11 is 2.10. The predicted octanol–water partition coefficient (Wildman–Crippen LogP) is 0.729. The van der Waals surface area contributed by atoms with Crippen LogP contribution in [0.15, 0.2) is 18.5 Å². The van der Waals surface area contributed by atoms with Gasteiger partial charge in [0.05, 0.1) is 0 Å². The first-order valence-corrected chi connectivity index (χ1v) is 3.77. The molecular formula is C5H3IN4. The normalized spacial score (nSPS) is 10.5. The molecule has 0 aliphatic rings. The van der Waals surface area contributed by atoms with Gasteiger partial charge in [-0.05, 0) is 6.07 Å². The van der Waals surface area contributed by atoms with Crippen LogP contribution in [0.4, 0.5) is 0 Å². The standard InChI is InChI=1S/C5H3IN4/c6-4-8-9-5-7-2-1-3-10(4)5/h1-3H. The molecule has 2 rings (SSSR count). The van der Waals surface area contributed by atoms with Crippen molar-refractivity contribution in [3.63, 3.8) is 0 Å². The van der Waals surface area contributed by atoms with Crippen LogP contribution in [-0.4, -0.2) is 19.6 Å². The van der Waals surface area contributed by atoms with Gasteiger partial charge in [0.25, 0.3) is 5.78 Å². The van der Waals surface area contributed by atoms with E-state index in [-0.39, 0.29) is 0 Å². The molecule has 0 N–H and O–H groups in total. The summed E-state index contributed by atoms with van der Waals surface area (Å²) in [7, 11) is 0. The first kappa shape index (κ1) is 6.02. The summed E-state index contributed by atoms with van der Waals surface area (Å²) in [4.78, 5) is 3.99. The number of aromatic nitrogens is 4. The van der Waals surface area contributed by atoms with Gasteiger partial charge in [-0.25, -0.2) is 4.98 Å². The highest BCUT2D eigenvalue weighted by Crippen LogP contribution is 2.01. The minimum absolute atomic E-state index is 0.645. The molecule has 2 heterocycles. The van der Waals surface area contributed by atoms with Crippen molar-refractivity contribution < 1.29 is 0 Å². The molecule has 10 heavy (non-hydrogen) atoms. The summed E-state index contributed by atoms with van der Waals surface area (Å²) in [5.74, 6) is 0.645. The first-order valence-electron chi connectivity index (χ1n) is 2.69. The van der Waals surface area contributed by atoms with Crippen LogP contribution >= 0.6 is 22.6 Å². The van der Waals surface area contributed by atoms with E-state index in [1.807, 2.05) is 16.7 Å². The van der Waals surface area contributed by atoms with Crippen LogP contribution in [0.1, 0.15) is 0 Å². The van der Waals surface area contributed by atoms with E-state index < -0.39 is 0 Å². The molecule has 4 nitrogen and oxygen atoms in total. The minimum Gasteiger partial charge on any atom is -0.262 e. The van der Waals surface area contributed by atoms with Gasteiger partial charge in [-0.1, -0.05) is 0 Å². The lowest BCUT2D eigenvalue weighted by Gasteiger charge is -1.87. The molecule has 2 aromatic rings. The van der Waals surface area contributed by atoms with Crippen LogP contribution in [0.2, 0.25) is 0 Å². The van der Waals surface area contributed by atoms with Crippen LogP contribution in [0.25, 0.3) is 5.78 Å². The summed E-state index contributed by atoms with van der Waals surface area (Å²) in [5.41, 5.74) is 0. The van der Waals surface area contributed by atoms with Gasteiger partial charge in [-0.15, -0.1) is 10.2 Å². The number of hydrogen-bond donors (Lipinski definition) is 0. The Kier molecular flexibility index (Phi) is 1.30. The Morgan fingerprint density at radius 1 is 1.40 bits per heavy atom. The fraction of sp³-hybridized carbons (Fsp3) is 0. The Hall–Kier alpha value is -0.720. The molecule has 2 aromatic heterocycles. The van der Waals surface area contributed by atoms with E-state index >= 15 is 0 Å². The second kappa shape index (κ2) is 2.15. The summed E-state index contributed by atoms with van der Waals surface area (Å²) in [5, 5.41) is 7.65. The van der Waals surface area contributed by atoms with Crippen LogP contribution < -0.4 is 0 Å². The molecule has 50 valence electrons. The van der Waals surface area contributed by atoms with Gasteiger partial charge in [0, 0.05) is 35.0 Å². The number of nitrogens with zero attached hydrogens (tertiary/aromatic N) is 4. The topological polar surface area (TPSA) is 43.1 Å². The van der Waals surface area contributed by atoms with Crippen LogP contribution in [-0.2, 0) is 0 Å². The molecule has 0 radical (unpaired) electrons. The van der Waals surface area contributed by atoms with Crippen LogP contribution in [0.3, 0.4) is 0 Å². The van der Waals surface area contributed by atoms with Crippen molar-refractivity contribution in [1.82, 2.24) is 19.6 Å². The van der Waals surface area contributed by atoms with Gasteiger partial charge in [0.2, 0.25) is 0 Å². The lowest BCUT2D eigenvalue weighted by atomic mass is 10.7. The fourth-order valence-electron chi connectivity index (χ4n) is 0.715. The third-order valence-corrected chi connectivity index (χ3v) is 1.88. The van der Waals surface area contributed by atoms with Crippen LogP contribution in [0.5, 0.6) is 0 Å². The van der Waals surface area contributed by atoms with Gasteiger partial charge >= 0.3 is 0 Å². The van der Waals surface area contributed by atoms with Crippen molar-refractivity contribution in [3.05, 3.63) is 22.3 Å². The first-order chi connectivity index (χ1) is 4.88. The van der Waals surface area contributed by atoms with Crippen molar-refractivity contribution in [1.29, 1.82) is 0 Å². The van der Waals surface area contributed by atoms with E-state index in [9.17, 15) is 0 Å². The maximum Gasteiger partial charge on any atom is 0.255 e. The molecular weight excluding hydrogens is 243 g/mol. The summed E-state index contributed by atoms with van der Waals surface area (Å²) in [6.45, 7) is 0. The molecule has 0 aliphatic carbocycles. The Balaban J connectivity index is 2.93. The maximum atomic E-state index is 3.99. The molecule has 0 aliphatic heterocycles. The van der Waals surface area contributed by atoms with Crippen molar-refractivity contribution in [2.24, 2.45) is 0 Å². The number of rotatable bonds is 0. The largest absolute Gasteiger partial charge is 0.262 e. The zero-order chi connectivity index (χ0) is 6.97. The van der Waals surface area contributed by atoms with Gasteiger partial charge in [0.15, 0.2) is 3.83 Å². The molecule has 0 amide bonds. The van der Waals surface area contributed by atoms with Crippen molar-refractivity contribution in [3.8, 4) is 0 Å². The average molecular weight is 246 g/mol. The van der Waals surface area contributed by atoms with Gasteiger partial charge in [-0.2, -0.15) is 0 Å². The lowest BCUT2D eigenvalue weighted by molar-refractivity contribution is 1.05. The van der Waals surface area contributed by atoms with Gasteiger partial charge in [0.1, 0.15) is 0 Å². The second-order valence-electron chi connectivity index (χ2n) is 1.76. The van der Waals surface area contributed by atoms with Crippen molar-refractivity contribution >= 4 is 28.4 Å². The van der Waals surface area contributed by atoms with Gasteiger partial charge in [-0.3, -0.25) is 4.40 Å². The highest BCUT2D eigenvalue weighted by atomic mass is 127. The third-order valence-electron chi connectivity index (χ3n) is 1.15. The predicted molar refractivity (Wildman–Crippen MR) is 43.5 cm³/mol. The zero-order valence-corrected chi connectivity index (χ0v) is 7.06. The Morgan fingerprint density at radius 3 is 3.10 bits per heavy atom. The number of hydrogen-bond acceptors (Lipinski definition) is 3. The lowest BCUT2D eigenvalue weighted by Crippen LogP contribution is -1.87. The van der Waals surface area contributed by atoms with E-state index in [0.717, 1.165) is 3.83 Å². The highest BCUT2D eigenvalue weighted by Gasteiger charge is 1.98. The molecule has 0 unspecified atom stereocenters. The minimum atomic E-state index is 0.645. The van der Waals surface area contributed by atoms with Gasteiger partial charge < -0.3 is 0 Å². The summed E-state index contributed by atoms with van der Waals surface area (Å²) in [6.07, 6.45) is 3.57. The second-order valence-corrected chi connectivity index (χ2v) is 2.72. The van der Waals surface area contributed by atoms with Crippen LogP contribution in [0, 0.1) is 3.83 Å². The van der Waals surface area contributed by atoms with E-state index in [1.165, 1.54) is 0 Å². The Bertz CT molecular complexity index is 355. The Morgan fingerprint density at radius 2 is 2.30 bits per heavy atom. The molecule has 0 fully saturated rings. The van der Waals surface area contributed by atoms with E-state index in [1.54, 1.807) is 6.20 Å². The SMILES string of the molecule is Ic1nnc2ncccn12. The monoisotopic (exact) mass is 246 g/mol. The van der Waals surface area contributed by atoms with E-state index in [2.05, 4.69) is 37.8 Å². The maximum absolute atomic E-state index is 3.99. The highest BCUT2D eigenvalue weighted by molar-refractivity contribution is 14.1. The zero-order valence-electron chi connectivity index (χ0n) is 4.90. The molecule has 0 saturated carbocycles. The smallest absolute Gasteiger partial charge is 0.255 e. The Labute approximate surface area is 70.4 Å². The third kappa shape index (κ3) is 0.772. The molecule has 0 atom stereocenters. The molecule has 0 spiro atoms. The fourth-order valence-corrected chi connectivity index (χ4v) is 1.20. The van der Waals surface area contributed by atoms with E-state index in [0.29, 0.717) is 5.78 Å². The quantitative estimate of drug-likeness (QED) is 0.643. The molecule has 5 heteroatoms. The van der Waals surface area contributed by atoms with Crippen molar-refractivity contribution in [2.45, 2.75) is 0 Å². The van der Waals surface area contributed by atoms with Crippen molar-refractivity contribution in [2.75, 3.05) is 0 Å².